The highest BCUT2D eigenvalue weighted by atomic mass is 16.5. The average Bonchev–Trinajstić information content (AvgIpc) is 3.05. The van der Waals surface area contributed by atoms with Crippen molar-refractivity contribution in [3.63, 3.8) is 0 Å². The summed E-state index contributed by atoms with van der Waals surface area (Å²) in [4.78, 5) is 16.5. The van der Waals surface area contributed by atoms with Crippen LogP contribution in [0.2, 0.25) is 0 Å². The third-order valence-electron chi connectivity index (χ3n) is 4.34. The molecular weight excluding hydrogens is 320 g/mol. The van der Waals surface area contributed by atoms with Crippen LogP contribution in [0, 0.1) is 0 Å². The lowest BCUT2D eigenvalue weighted by molar-refractivity contribution is -0.117. The number of nitrogens with one attached hydrogen (secondary N) is 1. The van der Waals surface area contributed by atoms with Gasteiger partial charge in [0.15, 0.2) is 0 Å². The van der Waals surface area contributed by atoms with Crippen LogP contribution in [0.25, 0.3) is 0 Å². The van der Waals surface area contributed by atoms with Gasteiger partial charge in [0, 0.05) is 37.9 Å². The Morgan fingerprint density at radius 2 is 1.92 bits per heavy atom. The maximum atomic E-state index is 12.2. The van der Waals surface area contributed by atoms with Crippen LogP contribution in [0.4, 0.5) is 11.6 Å². The molecule has 0 atom stereocenters. The Hall–Kier alpha value is -2.54. The highest BCUT2D eigenvalue weighted by Crippen LogP contribution is 2.20. The molecule has 3 rings (SSSR count). The van der Waals surface area contributed by atoms with E-state index < -0.39 is 0 Å². The zero-order valence-electron chi connectivity index (χ0n) is 14.6. The van der Waals surface area contributed by atoms with E-state index in [0.717, 1.165) is 37.6 Å². The molecule has 0 saturated carbocycles. The van der Waals surface area contributed by atoms with Gasteiger partial charge in [-0.25, -0.2) is 0 Å². The average molecular weight is 344 g/mol. The van der Waals surface area contributed by atoms with Crippen LogP contribution >= 0.6 is 0 Å². The standard InChI is InChI=1S/C18H24N4O3/c1-13(2)16-11-18(25-20-16)19-17(24)12-21-7-9-22(10-8-21)14-3-5-15(23)6-4-14/h3-6,11,13,23H,7-10,12H2,1-2H3,(H,19,24). The Balaban J connectivity index is 1.46. The molecule has 7 heteroatoms. The minimum atomic E-state index is -0.0930. The van der Waals surface area contributed by atoms with Crippen molar-refractivity contribution in [2.45, 2.75) is 19.8 Å². The molecule has 1 aromatic carbocycles. The largest absolute Gasteiger partial charge is 0.508 e. The maximum Gasteiger partial charge on any atom is 0.240 e. The smallest absolute Gasteiger partial charge is 0.240 e. The normalized spacial score (nSPS) is 15.6. The molecule has 1 aliphatic heterocycles. The minimum absolute atomic E-state index is 0.0930. The van der Waals surface area contributed by atoms with Crippen LogP contribution < -0.4 is 10.2 Å². The number of nitrogens with zero attached hydrogens (tertiary/aromatic N) is 3. The van der Waals surface area contributed by atoms with E-state index in [9.17, 15) is 9.90 Å². The Morgan fingerprint density at radius 3 is 2.52 bits per heavy atom. The van der Waals surface area contributed by atoms with E-state index in [2.05, 4.69) is 20.3 Å². The quantitative estimate of drug-likeness (QED) is 0.866. The summed E-state index contributed by atoms with van der Waals surface area (Å²) in [6, 6.07) is 8.98. The molecule has 2 aromatic rings. The summed E-state index contributed by atoms with van der Waals surface area (Å²) < 4.78 is 5.14. The van der Waals surface area contributed by atoms with Gasteiger partial charge in [0.25, 0.3) is 0 Å². The number of carbonyl (C=O) groups is 1. The molecule has 2 N–H and O–H groups in total. The van der Waals surface area contributed by atoms with Crippen molar-refractivity contribution >= 4 is 17.5 Å². The number of anilines is 2. The van der Waals surface area contributed by atoms with Crippen molar-refractivity contribution in [2.24, 2.45) is 0 Å². The number of hydrogen-bond acceptors (Lipinski definition) is 6. The van der Waals surface area contributed by atoms with Crippen LogP contribution in [0.3, 0.4) is 0 Å². The summed E-state index contributed by atoms with van der Waals surface area (Å²) in [6.07, 6.45) is 0. The minimum Gasteiger partial charge on any atom is -0.508 e. The third kappa shape index (κ3) is 4.51. The van der Waals surface area contributed by atoms with E-state index in [1.165, 1.54) is 0 Å². The summed E-state index contributed by atoms with van der Waals surface area (Å²) in [7, 11) is 0. The summed E-state index contributed by atoms with van der Waals surface area (Å²) in [5.41, 5.74) is 1.92. The Kier molecular flexibility index (Phi) is 5.23. The number of aromatic nitrogens is 1. The van der Waals surface area contributed by atoms with Gasteiger partial charge < -0.3 is 14.5 Å². The molecule has 1 aliphatic rings. The van der Waals surface area contributed by atoms with Gasteiger partial charge in [0.2, 0.25) is 11.8 Å². The number of benzene rings is 1. The van der Waals surface area contributed by atoms with Crippen molar-refractivity contribution < 1.29 is 14.4 Å². The molecule has 2 heterocycles. The molecule has 0 bridgehead atoms. The lowest BCUT2D eigenvalue weighted by Crippen LogP contribution is -2.48. The van der Waals surface area contributed by atoms with Crippen molar-refractivity contribution in [1.29, 1.82) is 0 Å². The van der Waals surface area contributed by atoms with Gasteiger partial charge in [-0.1, -0.05) is 19.0 Å². The molecule has 7 nitrogen and oxygen atoms in total. The summed E-state index contributed by atoms with van der Waals surface area (Å²) >= 11 is 0. The molecule has 25 heavy (non-hydrogen) atoms. The second-order valence-corrected chi connectivity index (χ2v) is 6.60. The predicted molar refractivity (Wildman–Crippen MR) is 96.0 cm³/mol. The molecule has 1 amide bonds. The van der Waals surface area contributed by atoms with E-state index in [0.29, 0.717) is 12.4 Å². The van der Waals surface area contributed by atoms with Crippen molar-refractivity contribution in [3.05, 3.63) is 36.0 Å². The first-order valence-electron chi connectivity index (χ1n) is 8.54. The van der Waals surface area contributed by atoms with Crippen LogP contribution in [0.1, 0.15) is 25.5 Å². The number of piperazine rings is 1. The van der Waals surface area contributed by atoms with Gasteiger partial charge in [-0.15, -0.1) is 0 Å². The van der Waals surface area contributed by atoms with Gasteiger partial charge in [-0.05, 0) is 30.2 Å². The fourth-order valence-corrected chi connectivity index (χ4v) is 2.83. The summed E-state index contributed by atoms with van der Waals surface area (Å²) in [5, 5.41) is 16.1. The fourth-order valence-electron chi connectivity index (χ4n) is 2.83. The highest BCUT2D eigenvalue weighted by Gasteiger charge is 2.20. The van der Waals surface area contributed by atoms with Crippen molar-refractivity contribution in [1.82, 2.24) is 10.1 Å². The van der Waals surface area contributed by atoms with E-state index in [1.807, 2.05) is 26.0 Å². The van der Waals surface area contributed by atoms with Gasteiger partial charge in [0.05, 0.1) is 12.2 Å². The Bertz CT molecular complexity index is 703. The number of rotatable bonds is 5. The lowest BCUT2D eigenvalue weighted by atomic mass is 10.1. The van der Waals surface area contributed by atoms with Crippen molar-refractivity contribution in [2.75, 3.05) is 42.9 Å². The zero-order valence-corrected chi connectivity index (χ0v) is 14.6. The molecule has 0 radical (unpaired) electrons. The number of hydrogen-bond donors (Lipinski definition) is 2. The molecule has 134 valence electrons. The highest BCUT2D eigenvalue weighted by molar-refractivity contribution is 5.91. The predicted octanol–water partition coefficient (Wildman–Crippen LogP) is 2.26. The monoisotopic (exact) mass is 344 g/mol. The van der Waals surface area contributed by atoms with E-state index in [1.54, 1.807) is 18.2 Å². The second kappa shape index (κ2) is 7.57. The number of amides is 1. The zero-order chi connectivity index (χ0) is 17.8. The Labute approximate surface area is 147 Å². The Morgan fingerprint density at radius 1 is 1.24 bits per heavy atom. The van der Waals surface area contributed by atoms with Gasteiger partial charge in [-0.2, -0.15) is 0 Å². The molecule has 0 spiro atoms. The fraction of sp³-hybridized carbons (Fsp3) is 0.444. The molecule has 1 fully saturated rings. The van der Waals surface area contributed by atoms with E-state index in [-0.39, 0.29) is 17.6 Å². The summed E-state index contributed by atoms with van der Waals surface area (Å²) in [5.74, 6) is 0.843. The van der Waals surface area contributed by atoms with Crippen LogP contribution in [-0.4, -0.2) is 53.8 Å². The number of phenols is 1. The van der Waals surface area contributed by atoms with Crippen molar-refractivity contribution in [3.8, 4) is 5.75 Å². The lowest BCUT2D eigenvalue weighted by Gasteiger charge is -2.35. The maximum absolute atomic E-state index is 12.2. The van der Waals surface area contributed by atoms with Gasteiger partial charge in [0.1, 0.15) is 5.75 Å². The first-order valence-corrected chi connectivity index (χ1v) is 8.54. The van der Waals surface area contributed by atoms with Gasteiger partial charge >= 0.3 is 0 Å². The molecule has 1 aromatic heterocycles. The van der Waals surface area contributed by atoms with E-state index in [4.69, 9.17) is 4.52 Å². The third-order valence-corrected chi connectivity index (χ3v) is 4.34. The number of phenolic OH excluding ortho intramolecular Hbond substituents is 1. The first kappa shape index (κ1) is 17.3. The number of carbonyl (C=O) groups excluding carboxylic acids is 1. The topological polar surface area (TPSA) is 81.8 Å². The number of aromatic hydroxyl groups is 1. The molecular formula is C18H24N4O3. The van der Waals surface area contributed by atoms with E-state index >= 15 is 0 Å². The second-order valence-electron chi connectivity index (χ2n) is 6.60. The first-order chi connectivity index (χ1) is 12.0. The summed E-state index contributed by atoms with van der Waals surface area (Å²) in [6.45, 7) is 7.69. The van der Waals surface area contributed by atoms with Crippen LogP contribution in [-0.2, 0) is 4.79 Å². The molecule has 1 saturated heterocycles. The molecule has 0 aliphatic carbocycles. The van der Waals surface area contributed by atoms with Crippen LogP contribution in [0.15, 0.2) is 34.9 Å². The van der Waals surface area contributed by atoms with Crippen LogP contribution in [0.5, 0.6) is 5.75 Å². The molecule has 0 unspecified atom stereocenters. The van der Waals surface area contributed by atoms with Gasteiger partial charge in [-0.3, -0.25) is 15.0 Å². The SMILES string of the molecule is CC(C)c1cc(NC(=O)CN2CCN(c3ccc(O)cc3)CC2)on1.